The summed E-state index contributed by atoms with van der Waals surface area (Å²) in [5, 5.41) is 12.8. The van der Waals surface area contributed by atoms with Crippen LogP contribution in [-0.2, 0) is 0 Å². The lowest BCUT2D eigenvalue weighted by Gasteiger charge is -2.12. The zero-order valence-electron chi connectivity index (χ0n) is 11.1. The first-order chi connectivity index (χ1) is 9.67. The number of nitrogens with one attached hydrogen (secondary N) is 1. The molecule has 5 heteroatoms. The Balaban J connectivity index is 2.33. The fraction of sp³-hybridized carbons (Fsp3) is 0.133. The van der Waals surface area contributed by atoms with Crippen molar-refractivity contribution in [1.29, 1.82) is 5.26 Å². The number of hydrogen-bond acceptors (Lipinski definition) is 4. The standard InChI is InChI=1S/C15H13ClN2O2/c1-19-14-6-4-12(8-15(14)20-2)18-13-5-3-11(16)7-10(13)9-17/h3-8,18H,1-2H3. The average Bonchev–Trinajstić information content (AvgIpc) is 2.48. The summed E-state index contributed by atoms with van der Waals surface area (Å²) in [6, 6.07) is 12.6. The molecule has 4 nitrogen and oxygen atoms in total. The van der Waals surface area contributed by atoms with Crippen molar-refractivity contribution in [3.8, 4) is 17.6 Å². The number of halogens is 1. The van der Waals surface area contributed by atoms with E-state index >= 15 is 0 Å². The van der Waals surface area contributed by atoms with Crippen molar-refractivity contribution in [2.75, 3.05) is 19.5 Å². The van der Waals surface area contributed by atoms with Crippen LogP contribution in [0.3, 0.4) is 0 Å². The van der Waals surface area contributed by atoms with Crippen LogP contribution in [0.15, 0.2) is 36.4 Å². The zero-order valence-corrected chi connectivity index (χ0v) is 11.9. The molecule has 0 heterocycles. The number of hydrogen-bond donors (Lipinski definition) is 1. The number of nitrogens with zero attached hydrogens (tertiary/aromatic N) is 1. The topological polar surface area (TPSA) is 54.3 Å². The van der Waals surface area contributed by atoms with Gasteiger partial charge in [-0.3, -0.25) is 0 Å². The van der Waals surface area contributed by atoms with E-state index in [1.165, 1.54) is 0 Å². The number of benzene rings is 2. The third kappa shape index (κ3) is 2.95. The normalized spacial score (nSPS) is 9.70. The Morgan fingerprint density at radius 2 is 1.80 bits per heavy atom. The summed E-state index contributed by atoms with van der Waals surface area (Å²) < 4.78 is 10.4. The Kier molecular flexibility index (Phi) is 4.34. The van der Waals surface area contributed by atoms with Gasteiger partial charge in [0, 0.05) is 16.8 Å². The Morgan fingerprint density at radius 1 is 1.05 bits per heavy atom. The van der Waals surface area contributed by atoms with E-state index in [1.807, 2.05) is 6.07 Å². The molecule has 1 N–H and O–H groups in total. The quantitative estimate of drug-likeness (QED) is 0.925. The Bertz CT molecular complexity index is 665. The van der Waals surface area contributed by atoms with Gasteiger partial charge in [-0.15, -0.1) is 0 Å². The van der Waals surface area contributed by atoms with Crippen LogP contribution in [0.4, 0.5) is 11.4 Å². The second-order valence-corrected chi connectivity index (χ2v) is 4.43. The van der Waals surface area contributed by atoms with Crippen molar-refractivity contribution in [2.24, 2.45) is 0 Å². The number of ether oxygens (including phenoxy) is 2. The molecule has 0 amide bonds. The van der Waals surface area contributed by atoms with Crippen LogP contribution in [0, 0.1) is 11.3 Å². The van der Waals surface area contributed by atoms with Gasteiger partial charge >= 0.3 is 0 Å². The molecule has 0 saturated heterocycles. The highest BCUT2D eigenvalue weighted by atomic mass is 35.5. The Morgan fingerprint density at radius 3 is 2.45 bits per heavy atom. The van der Waals surface area contributed by atoms with Gasteiger partial charge < -0.3 is 14.8 Å². The summed E-state index contributed by atoms with van der Waals surface area (Å²) in [6.07, 6.45) is 0. The van der Waals surface area contributed by atoms with Crippen molar-refractivity contribution in [1.82, 2.24) is 0 Å². The van der Waals surface area contributed by atoms with E-state index in [4.69, 9.17) is 26.3 Å². The van der Waals surface area contributed by atoms with E-state index in [9.17, 15) is 0 Å². The van der Waals surface area contributed by atoms with Gasteiger partial charge in [-0.25, -0.2) is 0 Å². The maximum absolute atomic E-state index is 9.11. The lowest BCUT2D eigenvalue weighted by atomic mass is 10.2. The molecule has 0 bridgehead atoms. The van der Waals surface area contributed by atoms with Crippen LogP contribution in [0.25, 0.3) is 0 Å². The van der Waals surface area contributed by atoms with Gasteiger partial charge in [0.15, 0.2) is 11.5 Å². The van der Waals surface area contributed by atoms with Crippen LogP contribution in [-0.4, -0.2) is 14.2 Å². The van der Waals surface area contributed by atoms with Gasteiger partial charge in [0.25, 0.3) is 0 Å². The van der Waals surface area contributed by atoms with Gasteiger partial charge in [-0.05, 0) is 30.3 Å². The first-order valence-corrected chi connectivity index (χ1v) is 6.24. The van der Waals surface area contributed by atoms with E-state index < -0.39 is 0 Å². The second-order valence-electron chi connectivity index (χ2n) is 4.00. The van der Waals surface area contributed by atoms with E-state index in [-0.39, 0.29) is 0 Å². The molecule has 0 fully saturated rings. The van der Waals surface area contributed by atoms with Crippen LogP contribution < -0.4 is 14.8 Å². The second kappa shape index (κ2) is 6.18. The molecule has 2 aromatic carbocycles. The zero-order chi connectivity index (χ0) is 14.5. The molecule has 0 aliphatic carbocycles. The summed E-state index contributed by atoms with van der Waals surface area (Å²) in [6.45, 7) is 0. The molecule has 2 rings (SSSR count). The molecule has 0 atom stereocenters. The third-order valence-electron chi connectivity index (χ3n) is 2.76. The number of rotatable bonds is 4. The van der Waals surface area contributed by atoms with Crippen LogP contribution in [0.5, 0.6) is 11.5 Å². The lowest BCUT2D eigenvalue weighted by Crippen LogP contribution is -1.96. The van der Waals surface area contributed by atoms with Gasteiger partial charge in [0.05, 0.1) is 25.5 Å². The van der Waals surface area contributed by atoms with Crippen LogP contribution in [0.1, 0.15) is 5.56 Å². The highest BCUT2D eigenvalue weighted by Crippen LogP contribution is 2.32. The van der Waals surface area contributed by atoms with Crippen molar-refractivity contribution in [3.63, 3.8) is 0 Å². The summed E-state index contributed by atoms with van der Waals surface area (Å²) >= 11 is 5.87. The minimum absolute atomic E-state index is 0.479. The molecule has 2 aromatic rings. The van der Waals surface area contributed by atoms with Crippen molar-refractivity contribution in [2.45, 2.75) is 0 Å². The van der Waals surface area contributed by atoms with Gasteiger partial charge in [0.1, 0.15) is 6.07 Å². The highest BCUT2D eigenvalue weighted by molar-refractivity contribution is 6.30. The van der Waals surface area contributed by atoms with E-state index in [2.05, 4.69) is 11.4 Å². The average molecular weight is 289 g/mol. The van der Waals surface area contributed by atoms with Gasteiger partial charge in [0.2, 0.25) is 0 Å². The lowest BCUT2D eigenvalue weighted by molar-refractivity contribution is 0.355. The summed E-state index contributed by atoms with van der Waals surface area (Å²) in [7, 11) is 3.16. The molecular formula is C15H13ClN2O2. The maximum Gasteiger partial charge on any atom is 0.162 e. The fourth-order valence-corrected chi connectivity index (χ4v) is 1.96. The smallest absolute Gasteiger partial charge is 0.162 e. The molecule has 0 radical (unpaired) electrons. The predicted octanol–water partition coefficient (Wildman–Crippen LogP) is 3.97. The van der Waals surface area contributed by atoms with E-state index in [0.29, 0.717) is 27.8 Å². The number of anilines is 2. The van der Waals surface area contributed by atoms with Crippen LogP contribution in [0.2, 0.25) is 5.02 Å². The van der Waals surface area contributed by atoms with Crippen molar-refractivity contribution in [3.05, 3.63) is 47.0 Å². The monoisotopic (exact) mass is 288 g/mol. The number of methoxy groups -OCH3 is 2. The highest BCUT2D eigenvalue weighted by Gasteiger charge is 2.07. The molecule has 0 aliphatic heterocycles. The first kappa shape index (κ1) is 14.0. The minimum Gasteiger partial charge on any atom is -0.493 e. The minimum atomic E-state index is 0.479. The molecule has 0 aromatic heterocycles. The summed E-state index contributed by atoms with van der Waals surface area (Å²) in [4.78, 5) is 0. The molecule has 20 heavy (non-hydrogen) atoms. The SMILES string of the molecule is COc1ccc(Nc2ccc(Cl)cc2C#N)cc1OC. The predicted molar refractivity (Wildman–Crippen MR) is 79.0 cm³/mol. The fourth-order valence-electron chi connectivity index (χ4n) is 1.79. The van der Waals surface area contributed by atoms with E-state index in [1.54, 1.807) is 44.6 Å². The van der Waals surface area contributed by atoms with Crippen molar-refractivity contribution >= 4 is 23.0 Å². The third-order valence-corrected chi connectivity index (χ3v) is 3.00. The van der Waals surface area contributed by atoms with Gasteiger partial charge in [-0.2, -0.15) is 5.26 Å². The molecule has 0 unspecified atom stereocenters. The molecule has 102 valence electrons. The van der Waals surface area contributed by atoms with Gasteiger partial charge in [-0.1, -0.05) is 11.6 Å². The molecular weight excluding hydrogens is 276 g/mol. The van der Waals surface area contributed by atoms with Crippen molar-refractivity contribution < 1.29 is 9.47 Å². The number of nitriles is 1. The molecule has 0 spiro atoms. The largest absolute Gasteiger partial charge is 0.493 e. The molecule has 0 saturated carbocycles. The molecule has 0 aliphatic rings. The van der Waals surface area contributed by atoms with Crippen LogP contribution >= 0.6 is 11.6 Å². The summed E-state index contributed by atoms with van der Waals surface area (Å²) in [5.74, 6) is 1.26. The maximum atomic E-state index is 9.11. The summed E-state index contributed by atoms with van der Waals surface area (Å²) in [5.41, 5.74) is 1.96. The van der Waals surface area contributed by atoms with E-state index in [0.717, 1.165) is 5.69 Å². The Hall–Kier alpha value is -2.38. The Labute approximate surface area is 122 Å². The first-order valence-electron chi connectivity index (χ1n) is 5.86.